The molecule has 2 unspecified atom stereocenters. The highest BCUT2D eigenvalue weighted by molar-refractivity contribution is 5.73. The third kappa shape index (κ3) is 4.37. The fourth-order valence-corrected chi connectivity index (χ4v) is 4.26. The van der Waals surface area contributed by atoms with Gasteiger partial charge in [-0.1, -0.05) is 43.3 Å². The van der Waals surface area contributed by atoms with Crippen LogP contribution in [-0.2, 0) is 27.9 Å². The first kappa shape index (κ1) is 22.3. The topological polar surface area (TPSA) is 49.8 Å². The SMILES string of the molecule is CCC(C(=O)O)N(C)CCCC1(c2cccc(C(F)(F)F)c2)OCc2ccccc21. The zero-order chi connectivity index (χ0) is 21.9. The number of carboxylic acids is 1. The second kappa shape index (κ2) is 8.78. The smallest absolute Gasteiger partial charge is 0.416 e. The molecule has 7 heteroatoms. The van der Waals surface area contributed by atoms with Crippen molar-refractivity contribution in [2.45, 2.75) is 50.6 Å². The van der Waals surface area contributed by atoms with E-state index in [-0.39, 0.29) is 0 Å². The van der Waals surface area contributed by atoms with Gasteiger partial charge in [-0.25, -0.2) is 0 Å². The van der Waals surface area contributed by atoms with Gasteiger partial charge in [-0.15, -0.1) is 0 Å². The summed E-state index contributed by atoms with van der Waals surface area (Å²) < 4.78 is 46.2. The molecule has 1 aliphatic heterocycles. The molecule has 4 nitrogen and oxygen atoms in total. The molecule has 30 heavy (non-hydrogen) atoms. The van der Waals surface area contributed by atoms with Crippen molar-refractivity contribution >= 4 is 5.97 Å². The molecule has 0 spiro atoms. The van der Waals surface area contributed by atoms with Crippen LogP contribution in [0, 0.1) is 0 Å². The first-order valence-electron chi connectivity index (χ1n) is 10.0. The van der Waals surface area contributed by atoms with Crippen molar-refractivity contribution < 1.29 is 27.8 Å². The van der Waals surface area contributed by atoms with Gasteiger partial charge in [-0.3, -0.25) is 9.69 Å². The zero-order valence-corrected chi connectivity index (χ0v) is 17.1. The molecule has 2 aromatic carbocycles. The minimum atomic E-state index is -4.44. The van der Waals surface area contributed by atoms with Crippen LogP contribution in [0.25, 0.3) is 0 Å². The van der Waals surface area contributed by atoms with E-state index in [1.54, 1.807) is 18.0 Å². The van der Waals surface area contributed by atoms with E-state index in [9.17, 15) is 23.1 Å². The predicted molar refractivity (Wildman–Crippen MR) is 107 cm³/mol. The van der Waals surface area contributed by atoms with Gasteiger partial charge >= 0.3 is 12.1 Å². The van der Waals surface area contributed by atoms with Crippen LogP contribution in [0.2, 0.25) is 0 Å². The van der Waals surface area contributed by atoms with Crippen molar-refractivity contribution in [3.63, 3.8) is 0 Å². The average Bonchev–Trinajstić information content (AvgIpc) is 3.08. The lowest BCUT2D eigenvalue weighted by atomic mass is 9.81. The molecule has 1 N–H and O–H groups in total. The Kier molecular flexibility index (Phi) is 6.53. The number of hydrogen-bond acceptors (Lipinski definition) is 3. The van der Waals surface area contributed by atoms with E-state index < -0.39 is 29.4 Å². The summed E-state index contributed by atoms with van der Waals surface area (Å²) in [7, 11) is 1.75. The highest BCUT2D eigenvalue weighted by atomic mass is 19.4. The van der Waals surface area contributed by atoms with Crippen LogP contribution in [0.15, 0.2) is 48.5 Å². The van der Waals surface area contributed by atoms with Crippen LogP contribution in [0.1, 0.15) is 48.4 Å². The Balaban J connectivity index is 1.91. The summed E-state index contributed by atoms with van der Waals surface area (Å²) >= 11 is 0. The van der Waals surface area contributed by atoms with Crippen LogP contribution < -0.4 is 0 Å². The summed E-state index contributed by atoms with van der Waals surface area (Å²) in [5.41, 5.74) is 0.609. The lowest BCUT2D eigenvalue weighted by Crippen LogP contribution is -2.39. The normalized spacial score (nSPS) is 19.7. The monoisotopic (exact) mass is 421 g/mol. The summed E-state index contributed by atoms with van der Waals surface area (Å²) in [6.07, 6.45) is -2.94. The molecule has 0 fully saturated rings. The van der Waals surface area contributed by atoms with E-state index in [1.165, 1.54) is 6.07 Å². The molecule has 0 saturated carbocycles. The Hall–Kier alpha value is -2.38. The highest BCUT2D eigenvalue weighted by Gasteiger charge is 2.42. The third-order valence-electron chi connectivity index (χ3n) is 5.83. The van der Waals surface area contributed by atoms with Gasteiger partial charge in [-0.2, -0.15) is 13.2 Å². The second-order valence-corrected chi connectivity index (χ2v) is 7.70. The van der Waals surface area contributed by atoms with Gasteiger partial charge in [0, 0.05) is 0 Å². The van der Waals surface area contributed by atoms with Crippen LogP contribution in [-0.4, -0.2) is 35.6 Å². The molecule has 1 aliphatic rings. The molecule has 0 radical (unpaired) electrons. The van der Waals surface area contributed by atoms with Gasteiger partial charge in [0.25, 0.3) is 0 Å². The molecule has 0 bridgehead atoms. The van der Waals surface area contributed by atoms with Crippen molar-refractivity contribution in [1.82, 2.24) is 4.90 Å². The number of carboxylic acid groups (broad SMARTS) is 1. The number of ether oxygens (including phenoxy) is 1. The largest absolute Gasteiger partial charge is 0.480 e. The standard InChI is InChI=1S/C23H26F3NO3/c1-3-20(21(28)29)27(2)13-7-12-22(19-11-5-4-8-16(19)15-30-22)17-9-6-10-18(14-17)23(24,25)26/h4-6,8-11,14,20H,3,7,12-13,15H2,1-2H3,(H,28,29). The number of benzene rings is 2. The van der Waals surface area contributed by atoms with Gasteiger partial charge in [-0.05, 0) is 61.7 Å². The average molecular weight is 421 g/mol. The fraction of sp³-hybridized carbons (Fsp3) is 0.435. The van der Waals surface area contributed by atoms with Crippen LogP contribution in [0.4, 0.5) is 13.2 Å². The third-order valence-corrected chi connectivity index (χ3v) is 5.83. The van der Waals surface area contributed by atoms with E-state index in [4.69, 9.17) is 4.74 Å². The number of fused-ring (bicyclic) bond motifs is 1. The first-order valence-corrected chi connectivity index (χ1v) is 10.0. The number of likely N-dealkylation sites (N-methyl/N-ethyl adjacent to an activating group) is 1. The van der Waals surface area contributed by atoms with E-state index in [2.05, 4.69) is 0 Å². The Morgan fingerprint density at radius 3 is 2.63 bits per heavy atom. The van der Waals surface area contributed by atoms with E-state index in [0.717, 1.165) is 23.3 Å². The Morgan fingerprint density at radius 1 is 1.23 bits per heavy atom. The molecule has 0 aliphatic carbocycles. The van der Waals surface area contributed by atoms with Gasteiger partial charge < -0.3 is 9.84 Å². The predicted octanol–water partition coefficient (Wildman–Crippen LogP) is 5.05. The molecule has 2 atom stereocenters. The lowest BCUT2D eigenvalue weighted by Gasteiger charge is -2.32. The second-order valence-electron chi connectivity index (χ2n) is 7.70. The Bertz CT molecular complexity index is 899. The molecule has 162 valence electrons. The number of rotatable bonds is 8. The molecular formula is C23H26F3NO3. The van der Waals surface area contributed by atoms with Crippen LogP contribution in [0.3, 0.4) is 0 Å². The van der Waals surface area contributed by atoms with Gasteiger partial charge in [0.2, 0.25) is 0 Å². The fourth-order valence-electron chi connectivity index (χ4n) is 4.26. The van der Waals surface area contributed by atoms with Crippen molar-refractivity contribution in [2.75, 3.05) is 13.6 Å². The molecule has 0 saturated heterocycles. The van der Waals surface area contributed by atoms with Crippen LogP contribution in [0.5, 0.6) is 0 Å². The van der Waals surface area contributed by atoms with Gasteiger partial charge in [0.15, 0.2) is 0 Å². The van der Waals surface area contributed by atoms with Crippen molar-refractivity contribution in [3.8, 4) is 0 Å². The minimum Gasteiger partial charge on any atom is -0.480 e. The number of carbonyl (C=O) groups is 1. The maximum absolute atomic E-state index is 13.3. The summed E-state index contributed by atoms with van der Waals surface area (Å²) in [4.78, 5) is 13.2. The summed E-state index contributed by atoms with van der Waals surface area (Å²) in [6.45, 7) is 2.64. The molecule has 0 aromatic heterocycles. The number of nitrogens with zero attached hydrogens (tertiary/aromatic N) is 1. The number of alkyl halides is 3. The van der Waals surface area contributed by atoms with Gasteiger partial charge in [0.05, 0.1) is 12.2 Å². The number of hydrogen-bond donors (Lipinski definition) is 1. The van der Waals surface area contributed by atoms with Crippen molar-refractivity contribution in [1.29, 1.82) is 0 Å². The summed E-state index contributed by atoms with van der Waals surface area (Å²) in [6, 6.07) is 12.3. The van der Waals surface area contributed by atoms with Crippen LogP contribution >= 0.6 is 0 Å². The van der Waals surface area contributed by atoms with Crippen molar-refractivity contribution in [3.05, 3.63) is 70.8 Å². The first-order chi connectivity index (χ1) is 14.2. The number of aliphatic carboxylic acids is 1. The Labute approximate surface area is 174 Å². The maximum Gasteiger partial charge on any atom is 0.416 e. The van der Waals surface area contributed by atoms with E-state index in [0.29, 0.717) is 38.0 Å². The molecule has 3 rings (SSSR count). The van der Waals surface area contributed by atoms with E-state index >= 15 is 0 Å². The summed E-state index contributed by atoms with van der Waals surface area (Å²) in [5, 5.41) is 9.35. The minimum absolute atomic E-state index is 0.328. The van der Waals surface area contributed by atoms with Gasteiger partial charge in [0.1, 0.15) is 11.6 Å². The maximum atomic E-state index is 13.3. The highest BCUT2D eigenvalue weighted by Crippen LogP contribution is 2.46. The molecular weight excluding hydrogens is 395 g/mol. The Morgan fingerprint density at radius 2 is 1.97 bits per heavy atom. The lowest BCUT2D eigenvalue weighted by molar-refractivity contribution is -0.143. The molecule has 2 aromatic rings. The molecule has 1 heterocycles. The van der Waals surface area contributed by atoms with Crippen molar-refractivity contribution in [2.24, 2.45) is 0 Å². The van der Waals surface area contributed by atoms with E-state index in [1.807, 2.05) is 31.2 Å². The summed E-state index contributed by atoms with van der Waals surface area (Å²) in [5.74, 6) is -0.880. The quantitative estimate of drug-likeness (QED) is 0.648. The molecule has 0 amide bonds. The number of halogens is 3. The zero-order valence-electron chi connectivity index (χ0n) is 17.1.